The van der Waals surface area contributed by atoms with E-state index in [1.54, 1.807) is 6.21 Å². The van der Waals surface area contributed by atoms with E-state index in [9.17, 15) is 15.2 Å². The summed E-state index contributed by atoms with van der Waals surface area (Å²) in [7, 11) is 0. The third-order valence-electron chi connectivity index (χ3n) is 6.41. The van der Waals surface area contributed by atoms with E-state index in [1.807, 2.05) is 0 Å². The van der Waals surface area contributed by atoms with Crippen LogP contribution in [0.1, 0.15) is 50.5 Å². The van der Waals surface area contributed by atoms with Gasteiger partial charge in [0.15, 0.2) is 0 Å². The van der Waals surface area contributed by atoms with Crippen molar-refractivity contribution >= 4 is 27.8 Å². The third kappa shape index (κ3) is 3.33. The molecule has 0 unspecified atom stereocenters. The van der Waals surface area contributed by atoms with Gasteiger partial charge in [-0.3, -0.25) is 15.1 Å². The van der Waals surface area contributed by atoms with Crippen molar-refractivity contribution in [2.45, 2.75) is 44.9 Å². The average molecular weight is 406 g/mol. The molecule has 4 fully saturated rings. The van der Waals surface area contributed by atoms with Crippen LogP contribution >= 0.6 is 15.9 Å². The van der Waals surface area contributed by atoms with Crippen LogP contribution in [0.4, 0.5) is 5.69 Å². The number of hydrogen-bond acceptors (Lipinski definition) is 4. The Balaban J connectivity index is 1.54. The maximum absolute atomic E-state index is 12.2. The lowest BCUT2D eigenvalue weighted by molar-refractivity contribution is -0.385. The summed E-state index contributed by atoms with van der Waals surface area (Å²) in [5.74, 6) is 2.32. The third-order valence-corrected chi connectivity index (χ3v) is 7.00. The molecule has 4 saturated carbocycles. The molecular formula is C19H22BrN2O3-. The van der Waals surface area contributed by atoms with Crippen LogP contribution < -0.4 is 5.11 Å². The van der Waals surface area contributed by atoms with Crippen molar-refractivity contribution in [1.29, 1.82) is 0 Å². The number of aliphatic imine (C=N–C) groups is 1. The van der Waals surface area contributed by atoms with Crippen molar-refractivity contribution in [2.24, 2.45) is 28.2 Å². The number of rotatable bonds is 4. The maximum atomic E-state index is 12.2. The molecule has 6 heteroatoms. The van der Waals surface area contributed by atoms with Gasteiger partial charge < -0.3 is 5.11 Å². The van der Waals surface area contributed by atoms with Crippen LogP contribution in [-0.2, 0) is 0 Å². The Labute approximate surface area is 155 Å². The molecule has 1 aromatic carbocycles. The van der Waals surface area contributed by atoms with E-state index in [1.165, 1.54) is 57.1 Å². The van der Waals surface area contributed by atoms with Gasteiger partial charge in [-0.25, -0.2) is 0 Å². The highest BCUT2D eigenvalue weighted by Crippen LogP contribution is 2.57. The van der Waals surface area contributed by atoms with Gasteiger partial charge in [0.2, 0.25) is 0 Å². The zero-order valence-electron chi connectivity index (χ0n) is 14.1. The summed E-state index contributed by atoms with van der Waals surface area (Å²) in [5, 5.41) is 23.2. The second kappa shape index (κ2) is 6.38. The number of nitrogens with zero attached hydrogens (tertiary/aromatic N) is 2. The lowest BCUT2D eigenvalue weighted by Crippen LogP contribution is -2.39. The highest BCUT2D eigenvalue weighted by atomic mass is 79.9. The summed E-state index contributed by atoms with van der Waals surface area (Å²) in [6.07, 6.45) is 10.9. The molecule has 4 aliphatic rings. The van der Waals surface area contributed by atoms with Crippen LogP contribution in [0.15, 0.2) is 21.6 Å². The Bertz CT molecular complexity index is 718. The quantitative estimate of drug-likeness (QED) is 0.421. The van der Waals surface area contributed by atoms with Crippen LogP contribution in [-0.4, -0.2) is 17.7 Å². The molecule has 0 N–H and O–H groups in total. The fourth-order valence-corrected chi connectivity index (χ4v) is 6.17. The zero-order valence-corrected chi connectivity index (χ0v) is 15.7. The topological polar surface area (TPSA) is 78.6 Å². The Morgan fingerprint density at radius 2 is 1.84 bits per heavy atom. The monoisotopic (exact) mass is 405 g/mol. The summed E-state index contributed by atoms with van der Waals surface area (Å²) in [6, 6.07) is 2.57. The molecule has 25 heavy (non-hydrogen) atoms. The first kappa shape index (κ1) is 17.0. The van der Waals surface area contributed by atoms with Gasteiger partial charge in [-0.1, -0.05) is 34.5 Å². The van der Waals surface area contributed by atoms with E-state index in [2.05, 4.69) is 20.9 Å². The van der Waals surface area contributed by atoms with Crippen LogP contribution in [0.5, 0.6) is 5.75 Å². The first-order valence-corrected chi connectivity index (χ1v) is 9.88. The molecular weight excluding hydrogens is 384 g/mol. The molecule has 0 aromatic heterocycles. The number of fused-ring (bicyclic) bond motifs is 1. The Hall–Kier alpha value is -1.43. The van der Waals surface area contributed by atoms with Crippen molar-refractivity contribution < 1.29 is 10.0 Å². The van der Waals surface area contributed by atoms with E-state index in [4.69, 9.17) is 0 Å². The predicted octanol–water partition coefficient (Wildman–Crippen LogP) is 4.46. The first-order chi connectivity index (χ1) is 11.9. The van der Waals surface area contributed by atoms with Gasteiger partial charge in [-0.05, 0) is 60.8 Å². The van der Waals surface area contributed by atoms with E-state index >= 15 is 0 Å². The average Bonchev–Trinajstić information content (AvgIpc) is 2.76. The lowest BCUT2D eigenvalue weighted by atomic mass is 9.58. The SMILES string of the molecule is O=[N+]([O-])c1cc(Br)c([O-])c(C=NCC23CC4C[C@H](CC[C@@H](C4)C2)C3)c1. The molecule has 1 aromatic rings. The molecule has 0 amide bonds. The van der Waals surface area contributed by atoms with E-state index in [0.717, 1.165) is 24.3 Å². The second-order valence-corrected chi connectivity index (χ2v) is 9.19. The number of hydrogen-bond donors (Lipinski definition) is 0. The highest BCUT2D eigenvalue weighted by Gasteiger charge is 2.48. The standard InChI is InChI=1S/C19H23BrN2O3/c20-17-6-16(22(24)25)5-15(18(17)23)10-21-11-19-7-12-1-2-13(8-19)4-14(3-12)9-19/h5-6,10,12-14,23H,1-4,7-9,11H2/p-1/t12-,13-,14?,19?/m0/s1. The highest BCUT2D eigenvalue weighted by molar-refractivity contribution is 9.10. The molecule has 2 atom stereocenters. The smallest absolute Gasteiger partial charge is 0.271 e. The predicted molar refractivity (Wildman–Crippen MR) is 97.9 cm³/mol. The minimum Gasteiger partial charge on any atom is -0.871 e. The summed E-state index contributed by atoms with van der Waals surface area (Å²) in [6.45, 7) is 0.746. The number of non-ortho nitro benzene ring substituents is 1. The van der Waals surface area contributed by atoms with Gasteiger partial charge in [0.25, 0.3) is 5.69 Å². The van der Waals surface area contributed by atoms with Crippen LogP contribution in [0.2, 0.25) is 0 Å². The van der Waals surface area contributed by atoms with Gasteiger partial charge in [-0.2, -0.15) is 0 Å². The van der Waals surface area contributed by atoms with Crippen molar-refractivity contribution in [2.75, 3.05) is 6.54 Å². The van der Waals surface area contributed by atoms with Gasteiger partial charge in [-0.15, -0.1) is 0 Å². The van der Waals surface area contributed by atoms with E-state index < -0.39 is 4.92 Å². The van der Waals surface area contributed by atoms with Crippen LogP contribution in [0, 0.1) is 33.3 Å². The number of nitro benzene ring substituents is 1. The number of benzene rings is 1. The van der Waals surface area contributed by atoms with Gasteiger partial charge >= 0.3 is 0 Å². The van der Waals surface area contributed by atoms with E-state index in [-0.39, 0.29) is 15.9 Å². The molecule has 4 aliphatic carbocycles. The molecule has 0 radical (unpaired) electrons. The van der Waals surface area contributed by atoms with Crippen molar-refractivity contribution in [3.8, 4) is 5.75 Å². The minimum atomic E-state index is -0.481. The summed E-state index contributed by atoms with van der Waals surface area (Å²) < 4.78 is 0.217. The first-order valence-electron chi connectivity index (χ1n) is 9.09. The van der Waals surface area contributed by atoms with Crippen molar-refractivity contribution in [3.05, 3.63) is 32.3 Å². The van der Waals surface area contributed by atoms with Crippen molar-refractivity contribution in [3.63, 3.8) is 0 Å². The lowest BCUT2D eigenvalue weighted by Gasteiger charge is -2.47. The fourth-order valence-electron chi connectivity index (χ4n) is 5.70. The fraction of sp³-hybridized carbons (Fsp3) is 0.632. The summed E-state index contributed by atoms with van der Waals surface area (Å²) in [5.41, 5.74) is 0.507. The van der Waals surface area contributed by atoms with Gasteiger partial charge in [0.1, 0.15) is 0 Å². The van der Waals surface area contributed by atoms with Crippen LogP contribution in [0.3, 0.4) is 0 Å². The molecule has 4 bridgehead atoms. The van der Waals surface area contributed by atoms with Gasteiger partial charge in [0.05, 0.1) is 4.92 Å². The largest absolute Gasteiger partial charge is 0.871 e. The Kier molecular flexibility index (Phi) is 4.34. The zero-order chi connectivity index (χ0) is 17.6. The number of nitro groups is 1. The van der Waals surface area contributed by atoms with Gasteiger partial charge in [0, 0.05) is 29.4 Å². The molecule has 134 valence electrons. The number of halogens is 1. The molecule has 5 rings (SSSR count). The second-order valence-electron chi connectivity index (χ2n) is 8.33. The molecule has 0 aliphatic heterocycles. The molecule has 0 heterocycles. The van der Waals surface area contributed by atoms with Crippen molar-refractivity contribution in [1.82, 2.24) is 0 Å². The molecule has 0 saturated heterocycles. The molecule has 5 nitrogen and oxygen atoms in total. The summed E-state index contributed by atoms with van der Waals surface area (Å²) >= 11 is 3.12. The normalized spacial score (nSPS) is 33.7. The Morgan fingerprint density at radius 1 is 1.20 bits per heavy atom. The minimum absolute atomic E-state index is 0.0838. The molecule has 0 spiro atoms. The van der Waals surface area contributed by atoms with Crippen LogP contribution in [0.25, 0.3) is 0 Å². The van der Waals surface area contributed by atoms with E-state index in [0.29, 0.717) is 11.0 Å². The Morgan fingerprint density at radius 3 is 2.48 bits per heavy atom. The maximum Gasteiger partial charge on any atom is 0.271 e. The summed E-state index contributed by atoms with van der Waals surface area (Å²) in [4.78, 5) is 15.1.